The number of aliphatic imine (C=N–C) groups is 1. The number of aryl methyl sites for hydroxylation is 1. The summed E-state index contributed by atoms with van der Waals surface area (Å²) in [6.07, 6.45) is 0.823. The maximum Gasteiger partial charge on any atom is 0.242 e. The molecule has 2 aromatic rings. The van der Waals surface area contributed by atoms with Crippen LogP contribution in [0, 0.1) is 6.92 Å². The Morgan fingerprint density at radius 3 is 2.60 bits per heavy atom. The Morgan fingerprint density at radius 1 is 1.17 bits per heavy atom. The van der Waals surface area contributed by atoms with Crippen molar-refractivity contribution in [2.45, 2.75) is 31.9 Å². The summed E-state index contributed by atoms with van der Waals surface area (Å²) < 4.78 is 5.40. The number of thioether (sulfide) groups is 1. The highest BCUT2D eigenvalue weighted by Gasteiger charge is 2.38. The fourth-order valence-electron chi connectivity index (χ4n) is 3.03. The molecule has 1 aliphatic rings. The van der Waals surface area contributed by atoms with E-state index in [4.69, 9.17) is 4.74 Å². The maximum atomic E-state index is 13.0. The van der Waals surface area contributed by atoms with Crippen LogP contribution in [-0.2, 0) is 14.3 Å². The van der Waals surface area contributed by atoms with Crippen LogP contribution in [0.4, 0.5) is 11.4 Å². The lowest BCUT2D eigenvalue weighted by Gasteiger charge is -2.16. The molecule has 2 amide bonds. The quantitative estimate of drug-likeness (QED) is 0.605. The summed E-state index contributed by atoms with van der Waals surface area (Å²) in [5.74, 6) is -0.259. The first-order chi connectivity index (χ1) is 14.6. The summed E-state index contributed by atoms with van der Waals surface area (Å²) in [5.41, 5.74) is 2.64. The van der Waals surface area contributed by atoms with Gasteiger partial charge in [-0.25, -0.2) is 4.99 Å². The van der Waals surface area contributed by atoms with Crippen molar-refractivity contribution in [3.05, 3.63) is 60.2 Å². The van der Waals surface area contributed by atoms with Gasteiger partial charge >= 0.3 is 0 Å². The van der Waals surface area contributed by atoms with E-state index in [9.17, 15) is 9.59 Å². The largest absolute Gasteiger partial charge is 0.382 e. The molecule has 2 aromatic carbocycles. The van der Waals surface area contributed by atoms with Crippen molar-refractivity contribution < 1.29 is 14.3 Å². The second kappa shape index (κ2) is 10.9. The molecular weight excluding hydrogens is 398 g/mol. The van der Waals surface area contributed by atoms with Gasteiger partial charge in [0, 0.05) is 31.9 Å². The minimum Gasteiger partial charge on any atom is -0.382 e. The molecule has 1 N–H and O–H groups in total. The fraction of sp³-hybridized carbons (Fsp3) is 0.348. The zero-order valence-electron chi connectivity index (χ0n) is 17.3. The van der Waals surface area contributed by atoms with E-state index in [2.05, 4.69) is 10.3 Å². The normalized spacial score (nSPS) is 17.5. The van der Waals surface area contributed by atoms with Crippen LogP contribution >= 0.6 is 11.8 Å². The Balaban J connectivity index is 1.68. The number of hydrogen-bond acceptors (Lipinski definition) is 5. The number of carbonyl (C=O) groups is 2. The van der Waals surface area contributed by atoms with Gasteiger partial charge < -0.3 is 10.1 Å². The van der Waals surface area contributed by atoms with Crippen LogP contribution in [0.1, 0.15) is 25.3 Å². The van der Waals surface area contributed by atoms with E-state index in [1.807, 2.05) is 68.4 Å². The van der Waals surface area contributed by atoms with Gasteiger partial charge in [-0.2, -0.15) is 0 Å². The first-order valence-electron chi connectivity index (χ1n) is 10.1. The second-order valence-corrected chi connectivity index (χ2v) is 8.16. The highest BCUT2D eigenvalue weighted by Crippen LogP contribution is 2.32. The molecule has 1 fully saturated rings. The number of carbonyl (C=O) groups excluding carboxylic acids is 2. The first kappa shape index (κ1) is 22.1. The van der Waals surface area contributed by atoms with Crippen molar-refractivity contribution in [3.8, 4) is 0 Å². The zero-order valence-corrected chi connectivity index (χ0v) is 18.2. The standard InChI is InChI=1S/C23H27N3O3S/c1-3-29-15-7-14-26-22(28)20(30-23(26)25-18-8-5-4-6-9-18)16-21(27)24-19-12-10-17(2)11-13-19/h4-6,8-13,20H,3,7,14-16H2,1-2H3,(H,24,27). The summed E-state index contributed by atoms with van der Waals surface area (Å²) in [6, 6.07) is 17.1. The van der Waals surface area contributed by atoms with Gasteiger partial charge in [0.15, 0.2) is 5.17 Å². The number of rotatable bonds is 9. The van der Waals surface area contributed by atoms with Gasteiger partial charge in [0.05, 0.1) is 5.69 Å². The van der Waals surface area contributed by atoms with Crippen molar-refractivity contribution in [1.82, 2.24) is 4.90 Å². The number of para-hydroxylation sites is 1. The first-order valence-corrected chi connectivity index (χ1v) is 11.0. The number of ether oxygens (including phenoxy) is 1. The molecular formula is C23H27N3O3S. The lowest BCUT2D eigenvalue weighted by Crippen LogP contribution is -2.34. The van der Waals surface area contributed by atoms with E-state index in [-0.39, 0.29) is 18.2 Å². The predicted molar refractivity (Wildman–Crippen MR) is 122 cm³/mol. The molecule has 6 nitrogen and oxygen atoms in total. The van der Waals surface area contributed by atoms with Gasteiger partial charge in [-0.3, -0.25) is 14.5 Å². The van der Waals surface area contributed by atoms with Crippen molar-refractivity contribution in [2.75, 3.05) is 25.1 Å². The van der Waals surface area contributed by atoms with Gasteiger partial charge in [-0.05, 0) is 44.5 Å². The van der Waals surface area contributed by atoms with Crippen molar-refractivity contribution >= 4 is 40.1 Å². The fourth-order valence-corrected chi connectivity index (χ4v) is 4.21. The molecule has 30 heavy (non-hydrogen) atoms. The van der Waals surface area contributed by atoms with Crippen molar-refractivity contribution in [2.24, 2.45) is 4.99 Å². The van der Waals surface area contributed by atoms with Crippen LogP contribution in [-0.4, -0.2) is 46.9 Å². The monoisotopic (exact) mass is 425 g/mol. The number of nitrogens with zero attached hydrogens (tertiary/aromatic N) is 2. The maximum absolute atomic E-state index is 13.0. The van der Waals surface area contributed by atoms with E-state index >= 15 is 0 Å². The minimum absolute atomic E-state index is 0.0785. The van der Waals surface area contributed by atoms with Gasteiger partial charge in [-0.15, -0.1) is 0 Å². The lowest BCUT2D eigenvalue weighted by molar-refractivity contribution is -0.128. The van der Waals surface area contributed by atoms with Gasteiger partial charge in [0.2, 0.25) is 11.8 Å². The van der Waals surface area contributed by atoms with Gasteiger partial charge in [0.25, 0.3) is 0 Å². The molecule has 7 heteroatoms. The third kappa shape index (κ3) is 6.18. The van der Waals surface area contributed by atoms with Crippen LogP contribution in [0.3, 0.4) is 0 Å². The topological polar surface area (TPSA) is 71.0 Å². The minimum atomic E-state index is -0.481. The Hall–Kier alpha value is -2.64. The molecule has 1 aliphatic heterocycles. The molecule has 0 aliphatic carbocycles. The Kier molecular flexibility index (Phi) is 8.04. The average molecular weight is 426 g/mol. The number of amides is 2. The number of benzene rings is 2. The number of anilines is 1. The van der Waals surface area contributed by atoms with Crippen LogP contribution in [0.15, 0.2) is 59.6 Å². The van der Waals surface area contributed by atoms with E-state index in [0.717, 1.165) is 23.4 Å². The number of hydrogen-bond donors (Lipinski definition) is 1. The summed E-state index contributed by atoms with van der Waals surface area (Å²) in [7, 11) is 0. The number of amidine groups is 1. The SMILES string of the molecule is CCOCCCN1C(=O)C(CC(=O)Nc2ccc(C)cc2)SC1=Nc1ccccc1. The Labute approximate surface area is 181 Å². The van der Waals surface area contributed by atoms with Crippen molar-refractivity contribution in [1.29, 1.82) is 0 Å². The third-order valence-electron chi connectivity index (χ3n) is 4.58. The highest BCUT2D eigenvalue weighted by molar-refractivity contribution is 8.15. The zero-order chi connectivity index (χ0) is 21.3. The molecule has 1 unspecified atom stereocenters. The van der Waals surface area contributed by atoms with Crippen LogP contribution in [0.5, 0.6) is 0 Å². The summed E-state index contributed by atoms with van der Waals surface area (Å²) >= 11 is 1.35. The molecule has 0 spiro atoms. The molecule has 0 bridgehead atoms. The molecule has 3 rings (SSSR count). The predicted octanol–water partition coefficient (Wildman–Crippen LogP) is 4.38. The molecule has 1 atom stereocenters. The molecule has 0 aromatic heterocycles. The number of nitrogens with one attached hydrogen (secondary N) is 1. The molecule has 0 radical (unpaired) electrons. The van der Waals surface area contributed by atoms with E-state index in [1.165, 1.54) is 11.8 Å². The third-order valence-corrected chi connectivity index (χ3v) is 5.76. The Morgan fingerprint density at radius 2 is 1.90 bits per heavy atom. The molecule has 1 saturated heterocycles. The van der Waals surface area contributed by atoms with E-state index < -0.39 is 5.25 Å². The summed E-state index contributed by atoms with van der Waals surface area (Å²) in [5, 5.41) is 3.03. The van der Waals surface area contributed by atoms with Gasteiger partial charge in [-0.1, -0.05) is 47.7 Å². The molecule has 0 saturated carbocycles. The van der Waals surface area contributed by atoms with E-state index in [1.54, 1.807) is 4.90 Å². The second-order valence-electron chi connectivity index (χ2n) is 7.00. The van der Waals surface area contributed by atoms with E-state index in [0.29, 0.717) is 24.9 Å². The summed E-state index contributed by atoms with van der Waals surface area (Å²) in [6.45, 7) is 5.69. The summed E-state index contributed by atoms with van der Waals surface area (Å²) in [4.78, 5) is 31.9. The molecule has 1 heterocycles. The van der Waals surface area contributed by atoms with Crippen LogP contribution in [0.25, 0.3) is 0 Å². The van der Waals surface area contributed by atoms with Crippen LogP contribution in [0.2, 0.25) is 0 Å². The Bertz CT molecular complexity index is 884. The van der Waals surface area contributed by atoms with Crippen LogP contribution < -0.4 is 5.32 Å². The lowest BCUT2D eigenvalue weighted by atomic mass is 10.2. The van der Waals surface area contributed by atoms with Gasteiger partial charge in [0.1, 0.15) is 5.25 Å². The smallest absolute Gasteiger partial charge is 0.242 e. The van der Waals surface area contributed by atoms with Crippen molar-refractivity contribution in [3.63, 3.8) is 0 Å². The molecule has 158 valence electrons. The highest BCUT2D eigenvalue weighted by atomic mass is 32.2. The average Bonchev–Trinajstić information content (AvgIpc) is 3.02.